The lowest BCUT2D eigenvalue weighted by molar-refractivity contribution is 0.813. The predicted octanol–water partition coefficient (Wildman–Crippen LogP) is 6.76. The molecule has 0 fully saturated rings. The molecule has 1 unspecified atom stereocenters. The summed E-state index contributed by atoms with van der Waals surface area (Å²) in [6.07, 6.45) is 0. The van der Waals surface area contributed by atoms with E-state index < -0.39 is 0 Å². The van der Waals surface area contributed by atoms with Gasteiger partial charge in [-0.1, -0.05) is 59.6 Å². The number of aromatic nitrogens is 1. The molecule has 1 aliphatic heterocycles. The van der Waals surface area contributed by atoms with E-state index in [1.54, 1.807) is 0 Å². The van der Waals surface area contributed by atoms with Gasteiger partial charge < -0.3 is 9.88 Å². The van der Waals surface area contributed by atoms with Gasteiger partial charge in [-0.25, -0.2) is 0 Å². The molecule has 0 aliphatic carbocycles. The summed E-state index contributed by atoms with van der Waals surface area (Å²) in [6, 6.07) is 22.6. The third-order valence-corrected chi connectivity index (χ3v) is 5.73. The second-order valence-corrected chi connectivity index (χ2v) is 7.47. The van der Waals surface area contributed by atoms with Gasteiger partial charge >= 0.3 is 0 Å². The zero-order valence-electron chi connectivity index (χ0n) is 14.1. The molecule has 4 heteroatoms. The first kappa shape index (κ1) is 15.8. The highest BCUT2D eigenvalue weighted by molar-refractivity contribution is 6.35. The van der Waals surface area contributed by atoms with Crippen LogP contribution in [0.15, 0.2) is 66.7 Å². The Balaban J connectivity index is 1.87. The number of nitrogens with one attached hydrogen (secondary N) is 1. The van der Waals surface area contributed by atoms with E-state index in [1.165, 1.54) is 22.2 Å². The third-order valence-electron chi connectivity index (χ3n) is 5.17. The molecule has 1 aromatic heterocycles. The maximum atomic E-state index is 6.57. The number of fused-ring (bicyclic) bond motifs is 5. The van der Waals surface area contributed by atoms with Crippen molar-refractivity contribution in [3.63, 3.8) is 0 Å². The largest absolute Gasteiger partial charge is 0.371 e. The molecule has 0 bridgehead atoms. The van der Waals surface area contributed by atoms with Crippen LogP contribution in [0.2, 0.25) is 10.0 Å². The van der Waals surface area contributed by atoms with E-state index in [1.807, 2.05) is 18.2 Å². The highest BCUT2D eigenvalue weighted by Gasteiger charge is 2.30. The number of nitrogens with zero attached hydrogens (tertiary/aromatic N) is 1. The highest BCUT2D eigenvalue weighted by atomic mass is 35.5. The van der Waals surface area contributed by atoms with Crippen LogP contribution in [0.5, 0.6) is 0 Å². The molecule has 26 heavy (non-hydrogen) atoms. The Morgan fingerprint density at radius 3 is 2.54 bits per heavy atom. The van der Waals surface area contributed by atoms with Gasteiger partial charge in [0.15, 0.2) is 0 Å². The first-order valence-corrected chi connectivity index (χ1v) is 9.31. The predicted molar refractivity (Wildman–Crippen MR) is 110 cm³/mol. The first-order valence-electron chi connectivity index (χ1n) is 8.56. The molecule has 2 nitrogen and oxygen atoms in total. The molecule has 0 saturated carbocycles. The van der Waals surface area contributed by atoms with Crippen LogP contribution in [0.4, 0.5) is 5.69 Å². The number of anilines is 1. The van der Waals surface area contributed by atoms with Crippen molar-refractivity contribution >= 4 is 39.8 Å². The summed E-state index contributed by atoms with van der Waals surface area (Å²) in [7, 11) is 0. The molecule has 2 heterocycles. The number of benzene rings is 3. The summed E-state index contributed by atoms with van der Waals surface area (Å²) in [5.74, 6) is 0. The second-order valence-electron chi connectivity index (χ2n) is 6.62. The average Bonchev–Trinajstić information content (AvgIpc) is 2.95. The number of aryl methyl sites for hydroxylation is 1. The Hall–Kier alpha value is -2.42. The minimum absolute atomic E-state index is 0.0398. The van der Waals surface area contributed by atoms with Crippen molar-refractivity contribution in [3.05, 3.63) is 93.6 Å². The van der Waals surface area contributed by atoms with E-state index >= 15 is 0 Å². The van der Waals surface area contributed by atoms with Gasteiger partial charge in [-0.3, -0.25) is 0 Å². The van der Waals surface area contributed by atoms with Crippen molar-refractivity contribution in [1.29, 1.82) is 0 Å². The minimum atomic E-state index is -0.0398. The number of hydrogen-bond acceptors (Lipinski definition) is 1. The van der Waals surface area contributed by atoms with Crippen molar-refractivity contribution < 1.29 is 0 Å². The summed E-state index contributed by atoms with van der Waals surface area (Å²) >= 11 is 12.7. The zero-order valence-corrected chi connectivity index (χ0v) is 15.6. The molecule has 5 rings (SSSR count). The van der Waals surface area contributed by atoms with E-state index in [4.69, 9.17) is 23.2 Å². The van der Waals surface area contributed by atoms with Crippen LogP contribution in [0.3, 0.4) is 0 Å². The summed E-state index contributed by atoms with van der Waals surface area (Å²) in [5, 5.41) is 6.26. The monoisotopic (exact) mass is 378 g/mol. The Morgan fingerprint density at radius 2 is 1.69 bits per heavy atom. The molecule has 0 amide bonds. The van der Waals surface area contributed by atoms with E-state index in [0.29, 0.717) is 10.0 Å². The summed E-state index contributed by atoms with van der Waals surface area (Å²) < 4.78 is 2.35. The van der Waals surface area contributed by atoms with E-state index in [-0.39, 0.29) is 6.04 Å². The minimum Gasteiger partial charge on any atom is -0.371 e. The van der Waals surface area contributed by atoms with Crippen LogP contribution < -0.4 is 5.32 Å². The molecular weight excluding hydrogens is 363 g/mol. The lowest BCUT2D eigenvalue weighted by atomic mass is 9.97. The zero-order chi connectivity index (χ0) is 17.8. The van der Waals surface area contributed by atoms with E-state index in [0.717, 1.165) is 16.9 Å². The normalized spacial score (nSPS) is 15.4. The fourth-order valence-electron chi connectivity index (χ4n) is 4.00. The highest BCUT2D eigenvalue weighted by Crippen LogP contribution is 2.44. The number of para-hydroxylation sites is 3. The van der Waals surface area contributed by atoms with Gasteiger partial charge in [0, 0.05) is 15.4 Å². The number of halogens is 2. The Kier molecular flexibility index (Phi) is 3.53. The smallest absolute Gasteiger partial charge is 0.0941 e. The Labute approximate surface area is 162 Å². The lowest BCUT2D eigenvalue weighted by Crippen LogP contribution is -2.23. The molecule has 3 aromatic carbocycles. The van der Waals surface area contributed by atoms with Crippen LogP contribution in [0.25, 0.3) is 16.6 Å². The molecule has 4 aromatic rings. The van der Waals surface area contributed by atoms with Crippen LogP contribution in [-0.2, 0) is 0 Å². The van der Waals surface area contributed by atoms with Crippen LogP contribution in [0.1, 0.15) is 22.9 Å². The van der Waals surface area contributed by atoms with Crippen LogP contribution in [-0.4, -0.2) is 4.57 Å². The quantitative estimate of drug-likeness (QED) is 0.387. The molecular formula is C22H16Cl2N2. The van der Waals surface area contributed by atoms with Gasteiger partial charge in [0.05, 0.1) is 28.6 Å². The molecule has 1 aliphatic rings. The lowest BCUT2D eigenvalue weighted by Gasteiger charge is -2.31. The van der Waals surface area contributed by atoms with Gasteiger partial charge in [0.25, 0.3) is 0 Å². The molecule has 1 N–H and O–H groups in total. The third kappa shape index (κ3) is 2.19. The molecule has 0 spiro atoms. The van der Waals surface area contributed by atoms with Gasteiger partial charge in [-0.15, -0.1) is 0 Å². The molecule has 1 atom stereocenters. The van der Waals surface area contributed by atoms with Crippen LogP contribution in [0, 0.1) is 6.92 Å². The van der Waals surface area contributed by atoms with E-state index in [9.17, 15) is 0 Å². The van der Waals surface area contributed by atoms with Gasteiger partial charge in [-0.2, -0.15) is 0 Å². The fourth-order valence-corrected chi connectivity index (χ4v) is 4.52. The van der Waals surface area contributed by atoms with E-state index in [2.05, 4.69) is 65.3 Å². The van der Waals surface area contributed by atoms with Crippen LogP contribution >= 0.6 is 23.2 Å². The van der Waals surface area contributed by atoms with Crippen molar-refractivity contribution in [2.24, 2.45) is 0 Å². The molecule has 0 saturated heterocycles. The topological polar surface area (TPSA) is 17.0 Å². The SMILES string of the molecule is Cc1c2n(c3ccccc13)-c1ccccc1NC2c1ccc(Cl)cc1Cl. The Morgan fingerprint density at radius 1 is 0.923 bits per heavy atom. The molecule has 0 radical (unpaired) electrons. The number of hydrogen-bond donors (Lipinski definition) is 1. The maximum Gasteiger partial charge on any atom is 0.0941 e. The summed E-state index contributed by atoms with van der Waals surface area (Å²) in [5.41, 5.74) is 6.97. The second kappa shape index (κ2) is 5.80. The van der Waals surface area contributed by atoms with Gasteiger partial charge in [-0.05, 0) is 48.4 Å². The van der Waals surface area contributed by atoms with Crippen molar-refractivity contribution in [2.75, 3.05) is 5.32 Å². The molecule has 128 valence electrons. The summed E-state index contributed by atoms with van der Waals surface area (Å²) in [4.78, 5) is 0. The first-order chi connectivity index (χ1) is 12.6. The van der Waals surface area contributed by atoms with Crippen molar-refractivity contribution in [3.8, 4) is 5.69 Å². The fraction of sp³-hybridized carbons (Fsp3) is 0.0909. The average molecular weight is 379 g/mol. The van der Waals surface area contributed by atoms with Crippen molar-refractivity contribution in [1.82, 2.24) is 4.57 Å². The standard InChI is InChI=1S/C22H16Cl2N2/c1-13-15-6-2-4-8-19(15)26-20-9-5-3-7-18(20)25-21(22(13)26)16-11-10-14(23)12-17(16)24/h2-12,21,25H,1H3. The van der Waals surface area contributed by atoms with Gasteiger partial charge in [0.2, 0.25) is 0 Å². The Bertz CT molecular complexity index is 1160. The summed E-state index contributed by atoms with van der Waals surface area (Å²) in [6.45, 7) is 2.18. The maximum absolute atomic E-state index is 6.57. The number of rotatable bonds is 1. The van der Waals surface area contributed by atoms with Crippen molar-refractivity contribution in [2.45, 2.75) is 13.0 Å². The van der Waals surface area contributed by atoms with Gasteiger partial charge in [0.1, 0.15) is 0 Å².